The summed E-state index contributed by atoms with van der Waals surface area (Å²) < 4.78 is 58.7. The Labute approximate surface area is 189 Å². The van der Waals surface area contributed by atoms with Gasteiger partial charge in [-0.1, -0.05) is 12.1 Å². The van der Waals surface area contributed by atoms with Crippen LogP contribution in [0.15, 0.2) is 53.3 Å². The Hall–Kier alpha value is -3.64. The third kappa shape index (κ3) is 4.47. The maximum absolute atomic E-state index is 15.0. The quantitative estimate of drug-likeness (QED) is 0.533. The third-order valence-corrected chi connectivity index (χ3v) is 6.27. The first-order valence-corrected chi connectivity index (χ1v) is 11.3. The summed E-state index contributed by atoms with van der Waals surface area (Å²) in [4.78, 5) is 18.1. The number of fused-ring (bicyclic) bond motifs is 1. The van der Waals surface area contributed by atoms with Crippen LogP contribution in [0.1, 0.15) is 25.0 Å². The molecule has 12 heteroatoms. The lowest BCUT2D eigenvalue weighted by Gasteiger charge is -2.42. The number of anilines is 1. The van der Waals surface area contributed by atoms with Crippen LogP contribution in [0.4, 0.5) is 14.9 Å². The second-order valence-corrected chi connectivity index (χ2v) is 9.28. The fraction of sp³-hybridized carbons (Fsp3) is 0.238. The van der Waals surface area contributed by atoms with Crippen LogP contribution in [0.25, 0.3) is 0 Å². The number of ether oxygens (including phenoxy) is 2. The SMILES string of the molecule is CNS(=O)(=O)Nc1cccc(CN2C(=O)Oc3cc(Oc4ncco4)ccc3C2(C)C)c1F. The predicted molar refractivity (Wildman–Crippen MR) is 116 cm³/mol. The average molecular weight is 476 g/mol. The molecule has 10 nitrogen and oxygen atoms in total. The molecule has 1 amide bonds. The van der Waals surface area contributed by atoms with Crippen LogP contribution in [-0.2, 0) is 22.3 Å². The van der Waals surface area contributed by atoms with E-state index in [1.807, 2.05) is 0 Å². The summed E-state index contributed by atoms with van der Waals surface area (Å²) in [6.45, 7) is 3.44. The Morgan fingerprint density at radius 1 is 1.24 bits per heavy atom. The smallest absolute Gasteiger partial charge is 0.416 e. The van der Waals surface area contributed by atoms with E-state index in [1.165, 1.54) is 42.6 Å². The molecule has 4 rings (SSSR count). The Bertz CT molecular complexity index is 1290. The highest BCUT2D eigenvalue weighted by Crippen LogP contribution is 2.42. The zero-order valence-electron chi connectivity index (χ0n) is 18.0. The first-order valence-electron chi connectivity index (χ1n) is 9.81. The summed E-state index contributed by atoms with van der Waals surface area (Å²) in [5, 5.41) is 0. The molecule has 2 aromatic carbocycles. The maximum Gasteiger partial charge on any atom is 0.416 e. The van der Waals surface area contributed by atoms with Crippen LogP contribution >= 0.6 is 0 Å². The minimum atomic E-state index is -3.91. The Kier molecular flexibility index (Phi) is 5.72. The summed E-state index contributed by atoms with van der Waals surface area (Å²) in [5.74, 6) is -0.134. The van der Waals surface area contributed by atoms with Gasteiger partial charge in [-0.25, -0.2) is 13.9 Å². The molecule has 0 saturated carbocycles. The predicted octanol–water partition coefficient (Wildman–Crippen LogP) is 3.73. The lowest BCUT2D eigenvalue weighted by Crippen LogP contribution is -2.50. The van der Waals surface area contributed by atoms with Crippen molar-refractivity contribution in [2.45, 2.75) is 25.9 Å². The number of hydrogen-bond donors (Lipinski definition) is 2. The Morgan fingerprint density at radius 3 is 2.73 bits per heavy atom. The summed E-state index contributed by atoms with van der Waals surface area (Å²) in [7, 11) is -2.71. The number of rotatable bonds is 7. The summed E-state index contributed by atoms with van der Waals surface area (Å²) in [6, 6.07) is 9.21. The fourth-order valence-corrected chi connectivity index (χ4v) is 4.00. The van der Waals surface area contributed by atoms with E-state index >= 15 is 4.39 Å². The number of oxazole rings is 1. The van der Waals surface area contributed by atoms with E-state index in [-0.39, 0.29) is 23.9 Å². The standard InChI is InChI=1S/C21H21FN4O6S/c1-21(2)15-8-7-14(31-19-24-9-10-30-19)11-17(15)32-20(27)26(21)12-13-5-4-6-16(18(13)22)25-33(28,29)23-3/h4-11,23,25H,12H2,1-3H3. The van der Waals surface area contributed by atoms with Crippen molar-refractivity contribution in [2.75, 3.05) is 11.8 Å². The molecule has 0 bridgehead atoms. The van der Waals surface area contributed by atoms with Crippen molar-refractivity contribution in [3.05, 3.63) is 65.8 Å². The van der Waals surface area contributed by atoms with Crippen LogP contribution in [0.3, 0.4) is 0 Å². The summed E-state index contributed by atoms with van der Waals surface area (Å²) in [6.07, 6.45) is 2.16. The molecular formula is C21H21FN4O6S. The van der Waals surface area contributed by atoms with Gasteiger partial charge in [0.25, 0.3) is 10.2 Å². The Morgan fingerprint density at radius 2 is 2.03 bits per heavy atom. The van der Waals surface area contributed by atoms with Gasteiger partial charge in [-0.3, -0.25) is 9.62 Å². The van der Waals surface area contributed by atoms with Gasteiger partial charge in [0.1, 0.15) is 17.8 Å². The highest BCUT2D eigenvalue weighted by Gasteiger charge is 2.41. The average Bonchev–Trinajstić information content (AvgIpc) is 3.26. The molecular weight excluding hydrogens is 455 g/mol. The van der Waals surface area contributed by atoms with Gasteiger partial charge in [0.05, 0.1) is 24.0 Å². The minimum Gasteiger partial charge on any atom is -0.417 e. The highest BCUT2D eigenvalue weighted by molar-refractivity contribution is 7.90. The van der Waals surface area contributed by atoms with Crippen molar-refractivity contribution in [1.82, 2.24) is 14.6 Å². The summed E-state index contributed by atoms with van der Waals surface area (Å²) >= 11 is 0. The minimum absolute atomic E-state index is 0.0437. The largest absolute Gasteiger partial charge is 0.417 e. The van der Waals surface area contributed by atoms with E-state index in [0.717, 1.165) is 0 Å². The number of carbonyl (C=O) groups is 1. The van der Waals surface area contributed by atoms with Crippen LogP contribution in [0.5, 0.6) is 17.6 Å². The van der Waals surface area contributed by atoms with E-state index in [2.05, 4.69) is 14.4 Å². The van der Waals surface area contributed by atoms with Crippen molar-refractivity contribution < 1.29 is 31.5 Å². The zero-order chi connectivity index (χ0) is 23.8. The van der Waals surface area contributed by atoms with E-state index in [0.29, 0.717) is 17.1 Å². The molecule has 174 valence electrons. The summed E-state index contributed by atoms with van der Waals surface area (Å²) in [5.41, 5.74) is -0.323. The molecule has 0 radical (unpaired) electrons. The fourth-order valence-electron chi connectivity index (χ4n) is 3.45. The van der Waals surface area contributed by atoms with Crippen LogP contribution in [0, 0.1) is 5.82 Å². The number of halogens is 1. The second-order valence-electron chi connectivity index (χ2n) is 7.66. The normalized spacial score (nSPS) is 15.0. The molecule has 1 aromatic heterocycles. The molecule has 0 atom stereocenters. The van der Waals surface area contributed by atoms with Crippen molar-refractivity contribution in [1.29, 1.82) is 0 Å². The molecule has 0 unspecified atom stereocenters. The van der Waals surface area contributed by atoms with Crippen LogP contribution in [-0.4, -0.2) is 31.4 Å². The van der Waals surface area contributed by atoms with Crippen molar-refractivity contribution in [2.24, 2.45) is 0 Å². The van der Waals surface area contributed by atoms with Crippen molar-refractivity contribution in [3.8, 4) is 17.6 Å². The van der Waals surface area contributed by atoms with Gasteiger partial charge in [0, 0.05) is 24.2 Å². The molecule has 1 aliphatic rings. The zero-order valence-corrected chi connectivity index (χ0v) is 18.8. The Balaban J connectivity index is 1.61. The number of nitrogens with one attached hydrogen (secondary N) is 2. The van der Waals surface area contributed by atoms with Gasteiger partial charge in [-0.05, 0) is 32.0 Å². The number of carbonyl (C=O) groups excluding carboxylic acids is 1. The van der Waals surface area contributed by atoms with Gasteiger partial charge >= 0.3 is 12.2 Å². The second kappa shape index (κ2) is 8.37. The van der Waals surface area contributed by atoms with E-state index in [4.69, 9.17) is 13.9 Å². The van der Waals surface area contributed by atoms with Crippen molar-refractivity contribution >= 4 is 22.0 Å². The molecule has 2 N–H and O–H groups in total. The first-order chi connectivity index (χ1) is 15.6. The van der Waals surface area contributed by atoms with Crippen LogP contribution in [0.2, 0.25) is 0 Å². The van der Waals surface area contributed by atoms with E-state index in [9.17, 15) is 13.2 Å². The molecule has 0 aliphatic carbocycles. The van der Waals surface area contributed by atoms with Crippen molar-refractivity contribution in [3.63, 3.8) is 0 Å². The molecule has 0 spiro atoms. The maximum atomic E-state index is 15.0. The number of benzene rings is 2. The molecule has 0 saturated heterocycles. The number of hydrogen-bond acceptors (Lipinski definition) is 7. The van der Waals surface area contributed by atoms with Gasteiger partial charge in [0.15, 0.2) is 5.82 Å². The number of aromatic nitrogens is 1. The number of amides is 1. The topological polar surface area (TPSA) is 123 Å². The molecule has 33 heavy (non-hydrogen) atoms. The monoisotopic (exact) mass is 476 g/mol. The molecule has 3 aromatic rings. The van der Waals surface area contributed by atoms with E-state index in [1.54, 1.807) is 32.0 Å². The number of nitrogens with zero attached hydrogens (tertiary/aromatic N) is 2. The molecule has 0 fully saturated rings. The molecule has 2 heterocycles. The van der Waals surface area contributed by atoms with Gasteiger partial charge in [-0.15, -0.1) is 0 Å². The van der Waals surface area contributed by atoms with Crippen LogP contribution < -0.4 is 18.9 Å². The van der Waals surface area contributed by atoms with Gasteiger partial charge in [0.2, 0.25) is 0 Å². The van der Waals surface area contributed by atoms with Gasteiger partial charge in [-0.2, -0.15) is 13.4 Å². The lowest BCUT2D eigenvalue weighted by molar-refractivity contribution is 0.0735. The lowest BCUT2D eigenvalue weighted by atomic mass is 9.89. The third-order valence-electron chi connectivity index (χ3n) is 5.24. The van der Waals surface area contributed by atoms with Gasteiger partial charge < -0.3 is 13.9 Å². The first kappa shape index (κ1) is 22.6. The molecule has 1 aliphatic heterocycles. The van der Waals surface area contributed by atoms with E-state index < -0.39 is 27.7 Å². The highest BCUT2D eigenvalue weighted by atomic mass is 32.2.